The first-order chi connectivity index (χ1) is 13.3. The molecule has 1 amide bonds. The molecular formula is C20H20N2O5S. The molecule has 8 heteroatoms. The first kappa shape index (κ1) is 18.5. The topological polar surface area (TPSA) is 104 Å². The number of aromatic carboxylic acids is 1. The summed E-state index contributed by atoms with van der Waals surface area (Å²) in [5.74, 6) is -0.906. The third kappa shape index (κ3) is 3.60. The Morgan fingerprint density at radius 2 is 1.79 bits per heavy atom. The molecule has 0 spiro atoms. The highest BCUT2D eigenvalue weighted by Crippen LogP contribution is 2.37. The molecule has 4 rings (SSSR count). The minimum Gasteiger partial charge on any atom is -0.478 e. The zero-order valence-corrected chi connectivity index (χ0v) is 15.9. The monoisotopic (exact) mass is 400 g/mol. The van der Waals surface area contributed by atoms with Crippen molar-refractivity contribution in [2.45, 2.75) is 30.6 Å². The van der Waals surface area contributed by atoms with E-state index >= 15 is 0 Å². The van der Waals surface area contributed by atoms with Crippen LogP contribution in [0.2, 0.25) is 0 Å². The molecule has 2 N–H and O–H groups in total. The molecule has 0 bridgehead atoms. The normalized spacial score (nSPS) is 16.4. The van der Waals surface area contributed by atoms with Gasteiger partial charge in [0.2, 0.25) is 5.91 Å². The summed E-state index contributed by atoms with van der Waals surface area (Å²) in [4.78, 5) is 25.2. The summed E-state index contributed by atoms with van der Waals surface area (Å²) < 4.78 is 27.8. The van der Waals surface area contributed by atoms with Crippen molar-refractivity contribution in [2.75, 3.05) is 16.2 Å². The molecule has 1 heterocycles. The van der Waals surface area contributed by atoms with Crippen LogP contribution in [0.4, 0.5) is 11.4 Å². The Hall–Kier alpha value is -2.87. The number of hydrogen-bond acceptors (Lipinski definition) is 4. The van der Waals surface area contributed by atoms with Gasteiger partial charge in [-0.1, -0.05) is 6.07 Å². The summed E-state index contributed by atoms with van der Waals surface area (Å²) in [7, 11) is -3.87. The average Bonchev–Trinajstić information content (AvgIpc) is 3.52. The third-order valence-corrected chi connectivity index (χ3v) is 6.46. The summed E-state index contributed by atoms with van der Waals surface area (Å²) in [6.45, 7) is 0.648. The number of amides is 1. The molecule has 1 fully saturated rings. The van der Waals surface area contributed by atoms with Crippen molar-refractivity contribution < 1.29 is 23.1 Å². The Kier molecular flexibility index (Phi) is 4.58. The molecule has 2 aromatic carbocycles. The number of nitrogens with one attached hydrogen (secondary N) is 1. The van der Waals surface area contributed by atoms with E-state index < -0.39 is 16.0 Å². The average molecular weight is 400 g/mol. The van der Waals surface area contributed by atoms with Crippen LogP contribution >= 0.6 is 0 Å². The molecule has 1 aliphatic heterocycles. The van der Waals surface area contributed by atoms with Crippen molar-refractivity contribution in [3.8, 4) is 0 Å². The minimum atomic E-state index is -3.87. The summed E-state index contributed by atoms with van der Waals surface area (Å²) in [5, 5.41) is 8.94. The van der Waals surface area contributed by atoms with E-state index in [1.807, 2.05) is 6.07 Å². The molecule has 2 aliphatic rings. The number of fused-ring (bicyclic) bond motifs is 1. The van der Waals surface area contributed by atoms with E-state index in [0.29, 0.717) is 12.2 Å². The Bertz CT molecular complexity index is 1040. The quantitative estimate of drug-likeness (QED) is 0.803. The van der Waals surface area contributed by atoms with Gasteiger partial charge in [-0.15, -0.1) is 0 Å². The first-order valence-corrected chi connectivity index (χ1v) is 10.6. The number of nitrogens with zero attached hydrogens (tertiary/aromatic N) is 1. The summed E-state index contributed by atoms with van der Waals surface area (Å²) in [5.41, 5.74) is 2.19. The van der Waals surface area contributed by atoms with Crippen molar-refractivity contribution >= 4 is 33.3 Å². The molecule has 0 unspecified atom stereocenters. The highest BCUT2D eigenvalue weighted by Gasteiger charge is 2.35. The van der Waals surface area contributed by atoms with Crippen LogP contribution in [0.1, 0.15) is 35.2 Å². The maximum atomic E-state index is 12.6. The van der Waals surface area contributed by atoms with Crippen LogP contribution in [0, 0.1) is 5.92 Å². The van der Waals surface area contributed by atoms with E-state index in [9.17, 15) is 18.0 Å². The van der Waals surface area contributed by atoms with Crippen molar-refractivity contribution in [2.24, 2.45) is 5.92 Å². The number of rotatable bonds is 5. The number of carboxylic acid groups (broad SMARTS) is 1. The zero-order valence-electron chi connectivity index (χ0n) is 15.1. The third-order valence-electron chi connectivity index (χ3n) is 5.06. The highest BCUT2D eigenvalue weighted by molar-refractivity contribution is 7.92. The first-order valence-electron chi connectivity index (χ1n) is 9.16. The van der Waals surface area contributed by atoms with E-state index in [2.05, 4.69) is 4.72 Å². The number of carboxylic acids is 1. The van der Waals surface area contributed by atoms with Crippen LogP contribution in [0.3, 0.4) is 0 Å². The lowest BCUT2D eigenvalue weighted by Gasteiger charge is -2.30. The predicted octanol–water partition coefficient (Wildman–Crippen LogP) is 2.87. The Morgan fingerprint density at radius 3 is 2.43 bits per heavy atom. The molecule has 1 saturated carbocycles. The zero-order chi connectivity index (χ0) is 19.9. The second-order valence-electron chi connectivity index (χ2n) is 7.15. The Labute approximate surface area is 163 Å². The van der Waals surface area contributed by atoms with Gasteiger partial charge in [0.15, 0.2) is 0 Å². The van der Waals surface area contributed by atoms with Gasteiger partial charge < -0.3 is 10.0 Å². The number of aryl methyl sites for hydroxylation is 1. The SMILES string of the molecule is O=C(O)c1ccc(S(=O)(=O)Nc2ccc3c(c2)N(C(=O)C2CC2)CCC3)cc1. The van der Waals surface area contributed by atoms with Gasteiger partial charge in [-0.2, -0.15) is 0 Å². The van der Waals surface area contributed by atoms with Gasteiger partial charge in [0, 0.05) is 18.2 Å². The Morgan fingerprint density at radius 1 is 1.07 bits per heavy atom. The van der Waals surface area contributed by atoms with Crippen LogP contribution in [0.5, 0.6) is 0 Å². The minimum absolute atomic E-state index is 0.0157. The second kappa shape index (κ2) is 6.94. The molecule has 28 heavy (non-hydrogen) atoms. The van der Waals surface area contributed by atoms with E-state index in [-0.39, 0.29) is 22.3 Å². The fourth-order valence-corrected chi connectivity index (χ4v) is 4.46. The van der Waals surface area contributed by atoms with Crippen LogP contribution in [-0.2, 0) is 21.2 Å². The molecule has 0 radical (unpaired) electrons. The summed E-state index contributed by atoms with van der Waals surface area (Å²) in [6.07, 6.45) is 3.59. The van der Waals surface area contributed by atoms with Gasteiger partial charge in [-0.3, -0.25) is 9.52 Å². The fraction of sp³-hybridized carbons (Fsp3) is 0.300. The number of hydrogen-bond donors (Lipinski definition) is 2. The second-order valence-corrected chi connectivity index (χ2v) is 8.83. The Balaban J connectivity index is 1.60. The fourth-order valence-electron chi connectivity index (χ4n) is 3.41. The van der Waals surface area contributed by atoms with Crippen LogP contribution < -0.4 is 9.62 Å². The lowest BCUT2D eigenvalue weighted by molar-refractivity contribution is -0.119. The standard InChI is InChI=1S/C20H20N2O5S/c23-19(14-3-4-14)22-11-1-2-13-5-8-16(12-18(13)22)21-28(26,27)17-9-6-15(7-10-17)20(24)25/h5-10,12,14,21H,1-4,11H2,(H,24,25). The predicted molar refractivity (Wildman–Crippen MR) is 104 cm³/mol. The van der Waals surface area contributed by atoms with Crippen molar-refractivity contribution in [1.82, 2.24) is 0 Å². The van der Waals surface area contributed by atoms with Gasteiger partial charge in [-0.05, 0) is 67.6 Å². The lowest BCUT2D eigenvalue weighted by Crippen LogP contribution is -2.36. The molecule has 7 nitrogen and oxygen atoms in total. The smallest absolute Gasteiger partial charge is 0.335 e. The molecule has 0 saturated heterocycles. The lowest BCUT2D eigenvalue weighted by atomic mass is 10.0. The van der Waals surface area contributed by atoms with Gasteiger partial charge >= 0.3 is 5.97 Å². The molecule has 0 aromatic heterocycles. The molecule has 146 valence electrons. The number of sulfonamides is 1. The van der Waals surface area contributed by atoms with Gasteiger partial charge in [0.05, 0.1) is 16.1 Å². The summed E-state index contributed by atoms with van der Waals surface area (Å²) >= 11 is 0. The maximum Gasteiger partial charge on any atom is 0.335 e. The van der Waals surface area contributed by atoms with Crippen LogP contribution in [-0.4, -0.2) is 31.9 Å². The van der Waals surface area contributed by atoms with Crippen molar-refractivity contribution in [3.63, 3.8) is 0 Å². The number of carbonyl (C=O) groups excluding carboxylic acids is 1. The van der Waals surface area contributed by atoms with E-state index in [0.717, 1.165) is 36.9 Å². The van der Waals surface area contributed by atoms with Gasteiger partial charge in [-0.25, -0.2) is 13.2 Å². The van der Waals surface area contributed by atoms with E-state index in [4.69, 9.17) is 5.11 Å². The van der Waals surface area contributed by atoms with Crippen LogP contribution in [0.25, 0.3) is 0 Å². The molecule has 1 aliphatic carbocycles. The van der Waals surface area contributed by atoms with Crippen molar-refractivity contribution in [3.05, 3.63) is 53.6 Å². The van der Waals surface area contributed by atoms with Gasteiger partial charge in [0.25, 0.3) is 10.0 Å². The number of carbonyl (C=O) groups is 2. The van der Waals surface area contributed by atoms with Crippen LogP contribution in [0.15, 0.2) is 47.4 Å². The number of anilines is 2. The van der Waals surface area contributed by atoms with E-state index in [1.54, 1.807) is 17.0 Å². The maximum absolute atomic E-state index is 12.6. The van der Waals surface area contributed by atoms with Gasteiger partial charge in [0.1, 0.15) is 0 Å². The highest BCUT2D eigenvalue weighted by atomic mass is 32.2. The van der Waals surface area contributed by atoms with E-state index in [1.165, 1.54) is 24.3 Å². The molecule has 0 atom stereocenters. The largest absolute Gasteiger partial charge is 0.478 e. The molecular weight excluding hydrogens is 380 g/mol. The summed E-state index contributed by atoms with van der Waals surface area (Å²) in [6, 6.07) is 10.3. The number of benzene rings is 2. The van der Waals surface area contributed by atoms with Crippen molar-refractivity contribution in [1.29, 1.82) is 0 Å². The molecule has 2 aromatic rings.